The number of hydrogen-bond donors (Lipinski definition) is 2. The molecular formula is C14H16N2O4. The van der Waals surface area contributed by atoms with Gasteiger partial charge in [-0.05, 0) is 12.1 Å². The number of carbonyl (C=O) groups excluding carboxylic acids is 2. The minimum atomic E-state index is -0.532. The Bertz CT molecular complexity index is 539. The third-order valence-corrected chi connectivity index (χ3v) is 2.90. The molecule has 0 aromatic heterocycles. The second-order valence-electron chi connectivity index (χ2n) is 4.41. The van der Waals surface area contributed by atoms with Gasteiger partial charge in [-0.25, -0.2) is 0 Å². The predicted molar refractivity (Wildman–Crippen MR) is 72.2 cm³/mol. The first-order valence-corrected chi connectivity index (χ1v) is 6.23. The number of likely N-dealkylation sites (N-methyl/N-ethyl adjacent to an activating group) is 1. The summed E-state index contributed by atoms with van der Waals surface area (Å²) in [4.78, 5) is 24.4. The van der Waals surface area contributed by atoms with Gasteiger partial charge in [0, 0.05) is 7.05 Å². The Hall–Kier alpha value is -2.50. The summed E-state index contributed by atoms with van der Waals surface area (Å²) < 4.78 is 5.42. The molecule has 0 radical (unpaired) electrons. The van der Waals surface area contributed by atoms with Crippen molar-refractivity contribution in [1.29, 1.82) is 0 Å². The van der Waals surface area contributed by atoms with E-state index in [2.05, 4.69) is 5.32 Å². The second-order valence-corrected chi connectivity index (χ2v) is 4.41. The number of rotatable bonds is 5. The Morgan fingerprint density at radius 2 is 2.10 bits per heavy atom. The highest BCUT2D eigenvalue weighted by atomic mass is 16.5. The Labute approximate surface area is 116 Å². The number of nitrogens with one attached hydrogen (secondary N) is 1. The van der Waals surface area contributed by atoms with Crippen LogP contribution in [0, 0.1) is 0 Å². The lowest BCUT2D eigenvalue weighted by Gasteiger charge is -2.09. The Kier molecular flexibility index (Phi) is 4.24. The number of amides is 2. The lowest BCUT2D eigenvalue weighted by atomic mass is 10.2. The van der Waals surface area contributed by atoms with Crippen molar-refractivity contribution in [2.45, 2.75) is 0 Å². The number of para-hydroxylation sites is 1. The van der Waals surface area contributed by atoms with Crippen LogP contribution in [0.25, 0.3) is 0 Å². The summed E-state index contributed by atoms with van der Waals surface area (Å²) in [7, 11) is 1.53. The minimum absolute atomic E-state index is 0.0946. The maximum Gasteiger partial charge on any atom is 0.289 e. The van der Waals surface area contributed by atoms with E-state index in [4.69, 9.17) is 4.74 Å². The van der Waals surface area contributed by atoms with Crippen molar-refractivity contribution in [3.05, 3.63) is 41.7 Å². The molecule has 6 nitrogen and oxygen atoms in total. The summed E-state index contributed by atoms with van der Waals surface area (Å²) in [5, 5.41) is 12.1. The van der Waals surface area contributed by atoms with E-state index in [1.807, 2.05) is 30.3 Å². The van der Waals surface area contributed by atoms with Crippen LogP contribution < -0.4 is 10.1 Å². The quantitative estimate of drug-likeness (QED) is 0.766. The van der Waals surface area contributed by atoms with Crippen LogP contribution in [-0.2, 0) is 9.59 Å². The molecule has 0 unspecified atom stereocenters. The van der Waals surface area contributed by atoms with Crippen molar-refractivity contribution in [3.63, 3.8) is 0 Å². The van der Waals surface area contributed by atoms with Crippen molar-refractivity contribution >= 4 is 11.8 Å². The second kappa shape index (κ2) is 6.10. The third-order valence-electron chi connectivity index (χ3n) is 2.90. The van der Waals surface area contributed by atoms with Crippen LogP contribution in [0.5, 0.6) is 5.75 Å². The zero-order chi connectivity index (χ0) is 14.5. The number of benzene rings is 1. The fourth-order valence-corrected chi connectivity index (χ4v) is 1.83. The third kappa shape index (κ3) is 3.09. The van der Waals surface area contributed by atoms with Crippen LogP contribution in [0.1, 0.15) is 0 Å². The summed E-state index contributed by atoms with van der Waals surface area (Å²) in [6.07, 6.45) is 0. The van der Waals surface area contributed by atoms with Gasteiger partial charge in [0.05, 0.1) is 18.7 Å². The molecule has 0 atom stereocenters. The molecule has 2 rings (SSSR count). The molecule has 0 saturated carbocycles. The summed E-state index contributed by atoms with van der Waals surface area (Å²) in [6, 6.07) is 9.24. The fourth-order valence-electron chi connectivity index (χ4n) is 1.83. The Morgan fingerprint density at radius 3 is 2.70 bits per heavy atom. The number of hydrogen-bond acceptors (Lipinski definition) is 4. The van der Waals surface area contributed by atoms with Gasteiger partial charge in [0.25, 0.3) is 11.8 Å². The van der Waals surface area contributed by atoms with Gasteiger partial charge in [-0.1, -0.05) is 18.2 Å². The van der Waals surface area contributed by atoms with Crippen molar-refractivity contribution in [2.24, 2.45) is 0 Å². The highest BCUT2D eigenvalue weighted by molar-refractivity contribution is 6.06. The molecule has 0 fully saturated rings. The monoisotopic (exact) mass is 276 g/mol. The molecule has 2 N–H and O–H groups in total. The molecule has 20 heavy (non-hydrogen) atoms. The highest BCUT2D eigenvalue weighted by Crippen LogP contribution is 2.15. The molecule has 0 aliphatic carbocycles. The lowest BCUT2D eigenvalue weighted by Crippen LogP contribution is -2.31. The van der Waals surface area contributed by atoms with E-state index in [0.717, 1.165) is 5.75 Å². The SMILES string of the molecule is CN1CC(C(=O)NCCOc2ccccc2)=C(O)C1=O. The predicted octanol–water partition coefficient (Wildman–Crippen LogP) is 0.466. The van der Waals surface area contributed by atoms with Gasteiger partial charge in [0.15, 0.2) is 5.76 Å². The van der Waals surface area contributed by atoms with Crippen molar-refractivity contribution in [2.75, 3.05) is 26.7 Å². The van der Waals surface area contributed by atoms with E-state index >= 15 is 0 Å². The maximum absolute atomic E-state index is 11.8. The molecule has 106 valence electrons. The van der Waals surface area contributed by atoms with Crippen LogP contribution in [0.2, 0.25) is 0 Å². The first kappa shape index (κ1) is 13.9. The molecule has 1 aliphatic heterocycles. The largest absolute Gasteiger partial charge is 0.503 e. The average Bonchev–Trinajstić information content (AvgIpc) is 2.72. The molecule has 0 spiro atoms. The highest BCUT2D eigenvalue weighted by Gasteiger charge is 2.31. The van der Waals surface area contributed by atoms with Crippen molar-refractivity contribution in [1.82, 2.24) is 10.2 Å². The summed E-state index contributed by atoms with van der Waals surface area (Å²) in [6.45, 7) is 0.728. The van der Waals surface area contributed by atoms with Gasteiger partial charge in [-0.3, -0.25) is 9.59 Å². The van der Waals surface area contributed by atoms with Crippen molar-refractivity contribution in [3.8, 4) is 5.75 Å². The summed E-state index contributed by atoms with van der Waals surface area (Å²) >= 11 is 0. The number of nitrogens with zero attached hydrogens (tertiary/aromatic N) is 1. The normalized spacial score (nSPS) is 14.7. The van der Waals surface area contributed by atoms with Gasteiger partial charge in [-0.2, -0.15) is 0 Å². The molecule has 1 heterocycles. The van der Waals surface area contributed by atoms with Gasteiger partial charge < -0.3 is 20.1 Å². The van der Waals surface area contributed by atoms with E-state index in [9.17, 15) is 14.7 Å². The molecule has 0 bridgehead atoms. The van der Waals surface area contributed by atoms with Crippen LogP contribution in [-0.4, -0.2) is 48.6 Å². The average molecular weight is 276 g/mol. The molecule has 1 aliphatic rings. The molecule has 0 saturated heterocycles. The van der Waals surface area contributed by atoms with Gasteiger partial charge >= 0.3 is 0 Å². The van der Waals surface area contributed by atoms with E-state index in [1.54, 1.807) is 0 Å². The van der Waals surface area contributed by atoms with Crippen molar-refractivity contribution < 1.29 is 19.4 Å². The molecular weight excluding hydrogens is 260 g/mol. The van der Waals surface area contributed by atoms with Crippen LogP contribution >= 0.6 is 0 Å². The Balaban J connectivity index is 1.78. The Morgan fingerprint density at radius 1 is 1.40 bits per heavy atom. The maximum atomic E-state index is 11.8. The first-order chi connectivity index (χ1) is 9.59. The zero-order valence-corrected chi connectivity index (χ0v) is 11.1. The van der Waals surface area contributed by atoms with E-state index in [1.165, 1.54) is 11.9 Å². The first-order valence-electron chi connectivity index (χ1n) is 6.23. The zero-order valence-electron chi connectivity index (χ0n) is 11.1. The van der Waals surface area contributed by atoms with Gasteiger partial charge in [0.2, 0.25) is 0 Å². The van der Waals surface area contributed by atoms with Crippen LogP contribution in [0.4, 0.5) is 0 Å². The van der Waals surface area contributed by atoms with Crippen LogP contribution in [0.3, 0.4) is 0 Å². The summed E-state index contributed by atoms with van der Waals surface area (Å²) in [5.41, 5.74) is 0.0946. The van der Waals surface area contributed by atoms with E-state index in [0.29, 0.717) is 13.2 Å². The minimum Gasteiger partial charge on any atom is -0.503 e. The fraction of sp³-hybridized carbons (Fsp3) is 0.286. The standard InChI is InChI=1S/C14H16N2O4/c1-16-9-11(12(17)14(16)19)13(18)15-7-8-20-10-5-3-2-4-6-10/h2-6,17H,7-9H2,1H3,(H,15,18). The summed E-state index contributed by atoms with van der Waals surface area (Å²) in [5.74, 6) is -0.735. The molecule has 1 aromatic carbocycles. The van der Waals surface area contributed by atoms with E-state index in [-0.39, 0.29) is 12.1 Å². The molecule has 2 amide bonds. The van der Waals surface area contributed by atoms with Gasteiger partial charge in [-0.15, -0.1) is 0 Å². The smallest absolute Gasteiger partial charge is 0.289 e. The number of aliphatic hydroxyl groups is 1. The molecule has 6 heteroatoms. The van der Waals surface area contributed by atoms with E-state index < -0.39 is 17.6 Å². The van der Waals surface area contributed by atoms with Crippen LogP contribution in [0.15, 0.2) is 41.7 Å². The lowest BCUT2D eigenvalue weighted by molar-refractivity contribution is -0.126. The number of carbonyl (C=O) groups is 2. The topological polar surface area (TPSA) is 78.9 Å². The van der Waals surface area contributed by atoms with Gasteiger partial charge in [0.1, 0.15) is 12.4 Å². The number of ether oxygens (including phenoxy) is 1. The number of aliphatic hydroxyl groups excluding tert-OH is 1. The molecule has 1 aromatic rings.